The Morgan fingerprint density at radius 3 is 2.69 bits per heavy atom. The molecule has 0 N–H and O–H groups in total. The SMILES string of the molecule is C[C@@H](C(=O)N1[C@@H]2C[C@H]3CC[C@]2(CS1(=O)=O)C3(C)C)c1csc(-c2ccccc2)n1. The number of nitrogens with zero attached hydrogens (tertiary/aromatic N) is 2. The monoisotopic (exact) mass is 430 g/mol. The van der Waals surface area contributed by atoms with E-state index < -0.39 is 15.9 Å². The summed E-state index contributed by atoms with van der Waals surface area (Å²) in [4.78, 5) is 18.1. The van der Waals surface area contributed by atoms with E-state index >= 15 is 0 Å². The van der Waals surface area contributed by atoms with Crippen molar-refractivity contribution in [2.45, 2.75) is 52.0 Å². The van der Waals surface area contributed by atoms with Crippen LogP contribution in [0.2, 0.25) is 0 Å². The van der Waals surface area contributed by atoms with Gasteiger partial charge in [-0.3, -0.25) is 4.79 Å². The number of benzene rings is 1. The summed E-state index contributed by atoms with van der Waals surface area (Å²) in [5.41, 5.74) is 1.33. The van der Waals surface area contributed by atoms with Crippen molar-refractivity contribution in [3.63, 3.8) is 0 Å². The highest BCUT2D eigenvalue weighted by Crippen LogP contribution is 2.70. The van der Waals surface area contributed by atoms with E-state index in [0.29, 0.717) is 11.6 Å². The van der Waals surface area contributed by atoms with Crippen LogP contribution < -0.4 is 0 Å². The summed E-state index contributed by atoms with van der Waals surface area (Å²) in [7, 11) is -3.60. The van der Waals surface area contributed by atoms with E-state index in [2.05, 4.69) is 18.8 Å². The lowest BCUT2D eigenvalue weighted by Crippen LogP contribution is -2.45. The molecule has 29 heavy (non-hydrogen) atoms. The molecule has 2 saturated carbocycles. The second-order valence-electron chi connectivity index (χ2n) is 9.42. The lowest BCUT2D eigenvalue weighted by Gasteiger charge is -2.37. The molecule has 3 fully saturated rings. The van der Waals surface area contributed by atoms with E-state index in [4.69, 9.17) is 0 Å². The number of carbonyl (C=O) groups is 1. The first-order valence-electron chi connectivity index (χ1n) is 10.2. The lowest BCUT2D eigenvalue weighted by molar-refractivity contribution is -0.130. The predicted octanol–water partition coefficient (Wildman–Crippen LogP) is 4.28. The molecule has 154 valence electrons. The van der Waals surface area contributed by atoms with Gasteiger partial charge in [0.1, 0.15) is 5.01 Å². The average molecular weight is 431 g/mol. The van der Waals surface area contributed by atoms with E-state index in [1.54, 1.807) is 6.92 Å². The van der Waals surface area contributed by atoms with Crippen LogP contribution in [-0.2, 0) is 14.8 Å². The Morgan fingerprint density at radius 2 is 2.00 bits per heavy atom. The molecule has 2 aliphatic carbocycles. The predicted molar refractivity (Wildman–Crippen MR) is 114 cm³/mol. The molecule has 2 heterocycles. The van der Waals surface area contributed by atoms with E-state index in [-0.39, 0.29) is 28.5 Å². The number of thiazole rings is 1. The number of hydrogen-bond acceptors (Lipinski definition) is 5. The van der Waals surface area contributed by atoms with Crippen molar-refractivity contribution in [3.8, 4) is 10.6 Å². The maximum atomic E-state index is 13.4. The maximum Gasteiger partial charge on any atom is 0.245 e. The van der Waals surface area contributed by atoms with Crippen LogP contribution in [0, 0.1) is 16.7 Å². The first-order chi connectivity index (χ1) is 13.7. The van der Waals surface area contributed by atoms with Gasteiger partial charge in [-0.1, -0.05) is 44.2 Å². The molecular formula is C22H26N2O3S2. The van der Waals surface area contributed by atoms with Crippen LogP contribution >= 0.6 is 11.3 Å². The molecule has 1 spiro atoms. The summed E-state index contributed by atoms with van der Waals surface area (Å²) in [5.74, 6) is -0.285. The second kappa shape index (κ2) is 6.14. The molecule has 5 nitrogen and oxygen atoms in total. The topological polar surface area (TPSA) is 67.3 Å². The molecule has 1 aromatic carbocycles. The smallest absolute Gasteiger partial charge is 0.245 e. The average Bonchev–Trinajstić information content (AvgIpc) is 3.37. The van der Waals surface area contributed by atoms with Crippen LogP contribution in [-0.4, -0.2) is 35.4 Å². The van der Waals surface area contributed by atoms with Crippen LogP contribution in [0.1, 0.15) is 51.6 Å². The van der Waals surface area contributed by atoms with Crippen LogP contribution in [0.25, 0.3) is 10.6 Å². The number of amides is 1. The van der Waals surface area contributed by atoms with Crippen molar-refractivity contribution in [2.75, 3.05) is 5.75 Å². The van der Waals surface area contributed by atoms with Gasteiger partial charge in [-0.15, -0.1) is 11.3 Å². The molecular weight excluding hydrogens is 404 g/mol. The highest BCUT2D eigenvalue weighted by atomic mass is 32.2. The van der Waals surface area contributed by atoms with Gasteiger partial charge in [0.25, 0.3) is 0 Å². The van der Waals surface area contributed by atoms with Gasteiger partial charge in [0, 0.05) is 16.4 Å². The number of carbonyl (C=O) groups excluding carboxylic acids is 1. The molecule has 2 bridgehead atoms. The summed E-state index contributed by atoms with van der Waals surface area (Å²) in [6.45, 7) is 6.18. The second-order valence-corrected chi connectivity index (χ2v) is 12.1. The van der Waals surface area contributed by atoms with E-state index in [1.807, 2.05) is 35.7 Å². The fourth-order valence-electron chi connectivity index (χ4n) is 6.09. The minimum absolute atomic E-state index is 0.0376. The molecule has 3 aliphatic rings. The van der Waals surface area contributed by atoms with Crippen molar-refractivity contribution < 1.29 is 13.2 Å². The third-order valence-corrected chi connectivity index (χ3v) is 10.8. The molecule has 1 aliphatic heterocycles. The molecule has 1 aromatic heterocycles. The summed E-state index contributed by atoms with van der Waals surface area (Å²) in [5, 5.41) is 2.73. The zero-order valence-corrected chi connectivity index (χ0v) is 18.6. The zero-order valence-electron chi connectivity index (χ0n) is 17.0. The Bertz CT molecular complexity index is 1080. The Labute approximate surface area is 176 Å². The zero-order chi connectivity index (χ0) is 20.6. The highest BCUT2D eigenvalue weighted by molar-refractivity contribution is 7.90. The molecule has 7 heteroatoms. The maximum absolute atomic E-state index is 13.4. The Morgan fingerprint density at radius 1 is 1.28 bits per heavy atom. The summed E-state index contributed by atoms with van der Waals surface area (Å²) < 4.78 is 27.5. The Balaban J connectivity index is 1.46. The van der Waals surface area contributed by atoms with Crippen molar-refractivity contribution in [1.82, 2.24) is 9.29 Å². The van der Waals surface area contributed by atoms with Crippen LogP contribution in [0.3, 0.4) is 0 Å². The van der Waals surface area contributed by atoms with Gasteiger partial charge in [-0.2, -0.15) is 0 Å². The van der Waals surface area contributed by atoms with E-state index in [9.17, 15) is 13.2 Å². The van der Waals surface area contributed by atoms with Crippen LogP contribution in [0.4, 0.5) is 0 Å². The van der Waals surface area contributed by atoms with E-state index in [0.717, 1.165) is 29.8 Å². The number of rotatable bonds is 3. The number of sulfonamides is 1. The number of hydrogen-bond donors (Lipinski definition) is 0. The van der Waals surface area contributed by atoms with Crippen molar-refractivity contribution in [1.29, 1.82) is 0 Å². The van der Waals surface area contributed by atoms with Gasteiger partial charge in [0.05, 0.1) is 23.4 Å². The number of fused-ring (bicyclic) bond motifs is 1. The molecule has 0 radical (unpaired) electrons. The summed E-state index contributed by atoms with van der Waals surface area (Å²) in [6, 6.07) is 9.65. The first kappa shape index (κ1) is 19.2. The van der Waals surface area contributed by atoms with Crippen molar-refractivity contribution in [3.05, 3.63) is 41.4 Å². The Kier molecular flexibility index (Phi) is 4.07. The summed E-state index contributed by atoms with van der Waals surface area (Å²) in [6.07, 6.45) is 2.78. The van der Waals surface area contributed by atoms with Gasteiger partial charge in [0.15, 0.2) is 0 Å². The molecule has 0 unspecified atom stereocenters. The molecule has 4 atom stereocenters. The lowest BCUT2D eigenvalue weighted by atomic mass is 9.69. The minimum Gasteiger partial charge on any atom is -0.273 e. The normalized spacial score (nSPS) is 32.3. The molecule has 1 saturated heterocycles. The van der Waals surface area contributed by atoms with Crippen LogP contribution in [0.5, 0.6) is 0 Å². The fraction of sp³-hybridized carbons (Fsp3) is 0.545. The van der Waals surface area contributed by atoms with Gasteiger partial charge in [-0.05, 0) is 37.5 Å². The first-order valence-corrected chi connectivity index (χ1v) is 12.7. The van der Waals surface area contributed by atoms with Gasteiger partial charge < -0.3 is 0 Å². The highest BCUT2D eigenvalue weighted by Gasteiger charge is 2.72. The van der Waals surface area contributed by atoms with Gasteiger partial charge >= 0.3 is 0 Å². The third kappa shape index (κ3) is 2.53. The van der Waals surface area contributed by atoms with E-state index in [1.165, 1.54) is 15.6 Å². The van der Waals surface area contributed by atoms with Crippen molar-refractivity contribution >= 4 is 27.3 Å². The van der Waals surface area contributed by atoms with Gasteiger partial charge in [0.2, 0.25) is 15.9 Å². The minimum atomic E-state index is -3.60. The quantitative estimate of drug-likeness (QED) is 0.729. The fourth-order valence-corrected chi connectivity index (χ4v) is 9.62. The molecule has 2 aromatic rings. The summed E-state index contributed by atoms with van der Waals surface area (Å²) >= 11 is 1.49. The molecule has 1 amide bonds. The van der Waals surface area contributed by atoms with Crippen LogP contribution in [0.15, 0.2) is 35.7 Å². The standard InChI is InChI=1S/C22H26N2O3S2/c1-14(17-12-28-19(23-17)15-7-5-4-6-8-15)20(25)24-18-11-16-9-10-22(18,21(16,2)3)13-29(24,26)27/h4-8,12,14,16,18H,9-11,13H2,1-3H3/t14-,16-,18-,22-/m1/s1. The Hall–Kier alpha value is -1.73. The van der Waals surface area contributed by atoms with Gasteiger partial charge in [-0.25, -0.2) is 17.7 Å². The number of aromatic nitrogens is 1. The van der Waals surface area contributed by atoms with Crippen molar-refractivity contribution in [2.24, 2.45) is 16.7 Å². The largest absolute Gasteiger partial charge is 0.273 e. The third-order valence-electron chi connectivity index (χ3n) is 7.99. The molecule has 5 rings (SSSR count).